The summed E-state index contributed by atoms with van der Waals surface area (Å²) in [7, 11) is 0. The zero-order valence-corrected chi connectivity index (χ0v) is 12.7. The molecule has 3 rings (SSSR count). The summed E-state index contributed by atoms with van der Waals surface area (Å²) in [5.74, 6) is 0.604. The predicted octanol–water partition coefficient (Wildman–Crippen LogP) is 4.10. The number of ether oxygens (including phenoxy) is 1. The Labute approximate surface area is 116 Å². The van der Waals surface area contributed by atoms with Crippen LogP contribution in [0.4, 0.5) is 0 Å². The Morgan fingerprint density at radius 1 is 1.42 bits per heavy atom. The maximum atomic E-state index is 11.3. The van der Waals surface area contributed by atoms with Gasteiger partial charge in [0.25, 0.3) is 0 Å². The molecular formula is C17H26O2. The summed E-state index contributed by atoms with van der Waals surface area (Å²) in [4.78, 5) is 11.3. The zero-order chi connectivity index (χ0) is 13.9. The molecule has 0 aliphatic heterocycles. The molecule has 0 aromatic heterocycles. The van der Waals surface area contributed by atoms with Crippen LogP contribution >= 0.6 is 0 Å². The third kappa shape index (κ3) is 1.35. The van der Waals surface area contributed by atoms with Gasteiger partial charge < -0.3 is 4.74 Å². The van der Waals surface area contributed by atoms with Gasteiger partial charge in [-0.1, -0.05) is 31.9 Å². The minimum Gasteiger partial charge on any atom is -0.465 e. The van der Waals surface area contributed by atoms with Crippen molar-refractivity contribution in [3.63, 3.8) is 0 Å². The highest BCUT2D eigenvalue weighted by Gasteiger charge is 2.71. The Morgan fingerprint density at radius 2 is 2.16 bits per heavy atom. The minimum absolute atomic E-state index is 0.128. The van der Waals surface area contributed by atoms with Crippen molar-refractivity contribution in [3.8, 4) is 0 Å². The SMILES string of the molecule is CC(=O)OC[C@@]12CC[C@@H](C)[C@@]13CCC[C@@]3(C)C=C2C. The molecule has 0 bridgehead atoms. The molecule has 0 saturated heterocycles. The van der Waals surface area contributed by atoms with E-state index in [4.69, 9.17) is 4.74 Å². The van der Waals surface area contributed by atoms with E-state index in [1.807, 2.05) is 0 Å². The lowest BCUT2D eigenvalue weighted by Crippen LogP contribution is -2.47. The Morgan fingerprint density at radius 3 is 2.84 bits per heavy atom. The van der Waals surface area contributed by atoms with Crippen LogP contribution in [-0.2, 0) is 9.53 Å². The van der Waals surface area contributed by atoms with Gasteiger partial charge in [0.1, 0.15) is 6.61 Å². The van der Waals surface area contributed by atoms with Gasteiger partial charge in [-0.2, -0.15) is 0 Å². The fourth-order valence-electron chi connectivity index (χ4n) is 6.15. The molecule has 2 saturated carbocycles. The average molecular weight is 262 g/mol. The maximum absolute atomic E-state index is 11.3. The zero-order valence-electron chi connectivity index (χ0n) is 12.7. The van der Waals surface area contributed by atoms with Crippen LogP contribution in [0.5, 0.6) is 0 Å². The fourth-order valence-corrected chi connectivity index (χ4v) is 6.15. The molecule has 0 aromatic rings. The Balaban J connectivity index is 2.06. The fraction of sp³-hybridized carbons (Fsp3) is 0.824. The number of allylic oxidation sites excluding steroid dienone is 1. The van der Waals surface area contributed by atoms with Gasteiger partial charge in [-0.15, -0.1) is 0 Å². The van der Waals surface area contributed by atoms with Gasteiger partial charge in [-0.25, -0.2) is 0 Å². The van der Waals surface area contributed by atoms with Gasteiger partial charge >= 0.3 is 5.97 Å². The molecule has 19 heavy (non-hydrogen) atoms. The molecule has 0 amide bonds. The quantitative estimate of drug-likeness (QED) is 0.553. The Bertz CT molecular complexity index is 452. The van der Waals surface area contributed by atoms with Gasteiger partial charge in [-0.3, -0.25) is 4.79 Å². The summed E-state index contributed by atoms with van der Waals surface area (Å²) in [6.07, 6.45) is 8.93. The smallest absolute Gasteiger partial charge is 0.302 e. The van der Waals surface area contributed by atoms with Crippen molar-refractivity contribution in [3.05, 3.63) is 11.6 Å². The number of carbonyl (C=O) groups is 1. The molecule has 106 valence electrons. The van der Waals surface area contributed by atoms with E-state index in [0.717, 1.165) is 5.92 Å². The van der Waals surface area contributed by atoms with Crippen molar-refractivity contribution >= 4 is 5.97 Å². The van der Waals surface area contributed by atoms with Crippen molar-refractivity contribution in [1.29, 1.82) is 0 Å². The van der Waals surface area contributed by atoms with Crippen LogP contribution in [0, 0.1) is 22.2 Å². The summed E-state index contributed by atoms with van der Waals surface area (Å²) >= 11 is 0. The summed E-state index contributed by atoms with van der Waals surface area (Å²) in [6.45, 7) is 9.27. The highest BCUT2D eigenvalue weighted by molar-refractivity contribution is 5.66. The van der Waals surface area contributed by atoms with Crippen molar-refractivity contribution < 1.29 is 9.53 Å². The Kier molecular flexibility index (Phi) is 2.69. The van der Waals surface area contributed by atoms with E-state index in [0.29, 0.717) is 17.4 Å². The molecule has 2 heteroatoms. The summed E-state index contributed by atoms with van der Waals surface area (Å²) in [5, 5.41) is 0. The molecule has 3 aliphatic carbocycles. The summed E-state index contributed by atoms with van der Waals surface area (Å²) in [6, 6.07) is 0. The van der Waals surface area contributed by atoms with E-state index in [2.05, 4.69) is 26.8 Å². The molecule has 0 unspecified atom stereocenters. The summed E-state index contributed by atoms with van der Waals surface area (Å²) in [5.41, 5.74) is 2.29. The molecule has 2 fully saturated rings. The van der Waals surface area contributed by atoms with Gasteiger partial charge in [0.2, 0.25) is 0 Å². The standard InChI is InChI=1S/C17H26O2/c1-12-6-9-16(11-19-14(3)18)13(2)10-15(4)7-5-8-17(12,15)16/h10,12H,5-9,11H2,1-4H3/t12-,15+,16-,17-/m1/s1. The van der Waals surface area contributed by atoms with Crippen LogP contribution in [-0.4, -0.2) is 12.6 Å². The maximum Gasteiger partial charge on any atom is 0.302 e. The molecule has 2 nitrogen and oxygen atoms in total. The van der Waals surface area contributed by atoms with Crippen LogP contribution in [0.3, 0.4) is 0 Å². The summed E-state index contributed by atoms with van der Waals surface area (Å²) < 4.78 is 5.52. The first-order valence-electron chi connectivity index (χ1n) is 7.71. The molecule has 0 N–H and O–H groups in total. The normalized spacial score (nSPS) is 47.8. The van der Waals surface area contributed by atoms with E-state index < -0.39 is 0 Å². The second-order valence-electron chi connectivity index (χ2n) is 7.37. The second-order valence-corrected chi connectivity index (χ2v) is 7.37. The number of hydrogen-bond acceptors (Lipinski definition) is 2. The molecule has 0 radical (unpaired) electrons. The van der Waals surface area contributed by atoms with Gasteiger partial charge in [0.05, 0.1) is 0 Å². The van der Waals surface area contributed by atoms with Crippen molar-refractivity contribution in [2.45, 2.75) is 59.8 Å². The average Bonchev–Trinajstić information content (AvgIpc) is 2.86. The van der Waals surface area contributed by atoms with E-state index in [-0.39, 0.29) is 11.4 Å². The lowest BCUT2D eigenvalue weighted by molar-refractivity contribution is -0.147. The largest absolute Gasteiger partial charge is 0.465 e. The van der Waals surface area contributed by atoms with Crippen molar-refractivity contribution in [2.24, 2.45) is 22.2 Å². The Hall–Kier alpha value is -0.790. The van der Waals surface area contributed by atoms with Crippen LogP contribution in [0.25, 0.3) is 0 Å². The van der Waals surface area contributed by atoms with E-state index in [1.54, 1.807) is 0 Å². The van der Waals surface area contributed by atoms with Crippen molar-refractivity contribution in [1.82, 2.24) is 0 Å². The highest BCUT2D eigenvalue weighted by atomic mass is 16.5. The van der Waals surface area contributed by atoms with Crippen LogP contribution < -0.4 is 0 Å². The van der Waals surface area contributed by atoms with Gasteiger partial charge in [0.15, 0.2) is 0 Å². The van der Waals surface area contributed by atoms with Gasteiger partial charge in [-0.05, 0) is 49.4 Å². The third-order valence-electron chi connectivity index (χ3n) is 6.80. The predicted molar refractivity (Wildman–Crippen MR) is 75.6 cm³/mol. The molecular weight excluding hydrogens is 236 g/mol. The number of rotatable bonds is 2. The molecule has 0 heterocycles. The molecule has 0 aromatic carbocycles. The molecule has 1 spiro atoms. The first-order chi connectivity index (χ1) is 8.88. The lowest BCUT2D eigenvalue weighted by Gasteiger charge is -2.49. The number of carbonyl (C=O) groups excluding carboxylic acids is 1. The molecule has 3 aliphatic rings. The van der Waals surface area contributed by atoms with E-state index in [1.165, 1.54) is 44.6 Å². The van der Waals surface area contributed by atoms with Crippen LogP contribution in [0.2, 0.25) is 0 Å². The third-order valence-corrected chi connectivity index (χ3v) is 6.80. The van der Waals surface area contributed by atoms with E-state index in [9.17, 15) is 4.79 Å². The van der Waals surface area contributed by atoms with E-state index >= 15 is 0 Å². The van der Waals surface area contributed by atoms with Crippen molar-refractivity contribution in [2.75, 3.05) is 6.61 Å². The second kappa shape index (κ2) is 3.86. The van der Waals surface area contributed by atoms with Crippen LogP contribution in [0.15, 0.2) is 11.6 Å². The highest BCUT2D eigenvalue weighted by Crippen LogP contribution is 2.77. The monoisotopic (exact) mass is 262 g/mol. The first-order valence-corrected chi connectivity index (χ1v) is 7.71. The minimum atomic E-state index is -0.136. The number of esters is 1. The molecule has 4 atom stereocenters. The van der Waals surface area contributed by atoms with Gasteiger partial charge in [0, 0.05) is 12.3 Å². The first kappa shape index (κ1) is 13.2. The lowest BCUT2D eigenvalue weighted by atomic mass is 9.55. The number of hydrogen-bond donors (Lipinski definition) is 0. The van der Waals surface area contributed by atoms with Crippen LogP contribution in [0.1, 0.15) is 59.8 Å². The topological polar surface area (TPSA) is 26.3 Å².